The number of nitrogens with one attached hydrogen (secondary N) is 1. The van der Waals surface area contributed by atoms with Crippen LogP contribution in [0.25, 0.3) is 44.7 Å². The highest BCUT2D eigenvalue weighted by atomic mass is 16.4. The Morgan fingerprint density at radius 1 is 0.789 bits per heavy atom. The molecule has 6 heteroatoms. The smallest absolute Gasteiger partial charge is 0.344 e. The molecule has 2 aromatic heterocycles. The van der Waals surface area contributed by atoms with E-state index in [0.717, 1.165) is 10.9 Å². The molecule has 0 fully saturated rings. The molecular weight excluding hydrogens is 476 g/mol. The minimum atomic E-state index is -0.451. The van der Waals surface area contributed by atoms with Crippen LogP contribution in [-0.2, 0) is 0 Å². The number of nitrogens with zero attached hydrogens (tertiary/aromatic N) is 1. The van der Waals surface area contributed by atoms with Crippen LogP contribution in [0.2, 0.25) is 0 Å². The Labute approximate surface area is 218 Å². The maximum Gasteiger partial charge on any atom is 0.344 e. The van der Waals surface area contributed by atoms with E-state index in [1.165, 1.54) is 5.56 Å². The predicted molar refractivity (Wildman–Crippen MR) is 149 cm³/mol. The summed E-state index contributed by atoms with van der Waals surface area (Å²) in [5.74, 6) is 0.676. The molecule has 6 rings (SSSR count). The summed E-state index contributed by atoms with van der Waals surface area (Å²) in [4.78, 5) is 30.3. The molecule has 6 aromatic rings. The lowest BCUT2D eigenvalue weighted by molar-refractivity contribution is 0.102. The molecule has 0 aliphatic rings. The van der Waals surface area contributed by atoms with Gasteiger partial charge in [-0.1, -0.05) is 56.3 Å². The van der Waals surface area contributed by atoms with Crippen LogP contribution in [0.3, 0.4) is 0 Å². The summed E-state index contributed by atoms with van der Waals surface area (Å²) >= 11 is 0. The average Bonchev–Trinajstić information content (AvgIpc) is 3.36. The van der Waals surface area contributed by atoms with Gasteiger partial charge in [0.15, 0.2) is 5.58 Å². The lowest BCUT2D eigenvalue weighted by Gasteiger charge is -2.07. The van der Waals surface area contributed by atoms with E-state index in [4.69, 9.17) is 8.83 Å². The number of benzene rings is 4. The molecule has 38 heavy (non-hydrogen) atoms. The number of oxazole rings is 1. The second kappa shape index (κ2) is 9.48. The number of fused-ring (bicyclic) bond motifs is 2. The fraction of sp³-hybridized carbons (Fsp3) is 0.0938. The van der Waals surface area contributed by atoms with E-state index in [0.29, 0.717) is 50.9 Å². The van der Waals surface area contributed by atoms with E-state index >= 15 is 0 Å². The van der Waals surface area contributed by atoms with Crippen LogP contribution in [0.1, 0.15) is 35.7 Å². The normalized spacial score (nSPS) is 11.3. The average molecular weight is 501 g/mol. The Balaban J connectivity index is 1.25. The number of hydrogen-bond acceptors (Lipinski definition) is 5. The second-order valence-corrected chi connectivity index (χ2v) is 9.50. The first-order chi connectivity index (χ1) is 18.4. The Morgan fingerprint density at radius 3 is 2.42 bits per heavy atom. The van der Waals surface area contributed by atoms with Crippen LogP contribution >= 0.6 is 0 Å². The van der Waals surface area contributed by atoms with Crippen LogP contribution in [0, 0.1) is 0 Å². The Bertz CT molecular complexity index is 1860. The van der Waals surface area contributed by atoms with E-state index in [-0.39, 0.29) is 5.91 Å². The molecule has 0 saturated carbocycles. The predicted octanol–water partition coefficient (Wildman–Crippen LogP) is 7.64. The summed E-state index contributed by atoms with van der Waals surface area (Å²) in [7, 11) is 0. The number of rotatable bonds is 5. The SMILES string of the molecule is CC(C)c1ccc(-c2nc3cc(NC(=O)c4cccc(-c5cc6ccccc6oc5=O)c4)ccc3o2)cc1. The van der Waals surface area contributed by atoms with E-state index in [1.807, 2.05) is 30.3 Å². The molecule has 0 bridgehead atoms. The number of anilines is 1. The maximum absolute atomic E-state index is 13.1. The zero-order valence-corrected chi connectivity index (χ0v) is 20.9. The Morgan fingerprint density at radius 2 is 1.61 bits per heavy atom. The van der Waals surface area contributed by atoms with Crippen LogP contribution in [0.15, 0.2) is 111 Å². The van der Waals surface area contributed by atoms with E-state index in [9.17, 15) is 9.59 Å². The summed E-state index contributed by atoms with van der Waals surface area (Å²) in [6.45, 7) is 4.31. The third-order valence-electron chi connectivity index (χ3n) is 6.55. The van der Waals surface area contributed by atoms with Gasteiger partial charge in [-0.3, -0.25) is 4.79 Å². The van der Waals surface area contributed by atoms with Crippen molar-refractivity contribution >= 4 is 33.7 Å². The first-order valence-corrected chi connectivity index (χ1v) is 12.4. The van der Waals surface area contributed by atoms with Gasteiger partial charge >= 0.3 is 5.63 Å². The first-order valence-electron chi connectivity index (χ1n) is 12.4. The Kier molecular flexibility index (Phi) is 5.85. The lowest BCUT2D eigenvalue weighted by atomic mass is 10.0. The van der Waals surface area contributed by atoms with Gasteiger partial charge in [0.2, 0.25) is 5.89 Å². The summed E-state index contributed by atoms with van der Waals surface area (Å²) in [5, 5.41) is 3.73. The van der Waals surface area contributed by atoms with Gasteiger partial charge < -0.3 is 14.2 Å². The number of carbonyl (C=O) groups is 1. The van der Waals surface area contributed by atoms with E-state index in [1.54, 1.807) is 54.6 Å². The second-order valence-electron chi connectivity index (χ2n) is 9.50. The van der Waals surface area contributed by atoms with Crippen molar-refractivity contribution in [3.8, 4) is 22.6 Å². The van der Waals surface area contributed by atoms with Crippen molar-refractivity contribution in [2.75, 3.05) is 5.32 Å². The van der Waals surface area contributed by atoms with E-state index in [2.05, 4.69) is 36.3 Å². The monoisotopic (exact) mass is 500 g/mol. The van der Waals surface area contributed by atoms with Crippen molar-refractivity contribution in [1.82, 2.24) is 4.98 Å². The zero-order valence-electron chi connectivity index (χ0n) is 20.9. The zero-order chi connectivity index (χ0) is 26.2. The summed E-state index contributed by atoms with van der Waals surface area (Å²) in [6, 6.07) is 29.6. The van der Waals surface area contributed by atoms with E-state index < -0.39 is 5.63 Å². The molecule has 0 aliphatic carbocycles. The van der Waals surface area contributed by atoms with Gasteiger partial charge in [-0.15, -0.1) is 0 Å². The standard InChI is InChI=1S/C32H24N2O4/c1-19(2)20-10-12-21(13-11-20)31-34-27-18-25(14-15-29(27)37-31)33-30(35)24-8-5-7-22(16-24)26-17-23-6-3-4-9-28(23)38-32(26)36/h3-19H,1-2H3,(H,33,35). The first kappa shape index (κ1) is 23.4. The highest BCUT2D eigenvalue weighted by Crippen LogP contribution is 2.28. The maximum atomic E-state index is 13.1. The summed E-state index contributed by atoms with van der Waals surface area (Å²) in [6.07, 6.45) is 0. The van der Waals surface area contributed by atoms with Crippen molar-refractivity contribution in [2.45, 2.75) is 19.8 Å². The number of aromatic nitrogens is 1. The quantitative estimate of drug-likeness (QED) is 0.246. The molecule has 1 amide bonds. The largest absolute Gasteiger partial charge is 0.436 e. The van der Waals surface area contributed by atoms with Crippen LogP contribution in [0.5, 0.6) is 0 Å². The minimum absolute atomic E-state index is 0.302. The minimum Gasteiger partial charge on any atom is -0.436 e. The molecule has 0 radical (unpaired) electrons. The van der Waals surface area contributed by atoms with Gasteiger partial charge in [0.05, 0.1) is 5.56 Å². The van der Waals surface area contributed by atoms with Crippen LogP contribution < -0.4 is 10.9 Å². The molecule has 1 N–H and O–H groups in total. The molecule has 0 aliphatic heterocycles. The summed E-state index contributed by atoms with van der Waals surface area (Å²) < 4.78 is 11.4. The van der Waals surface area contributed by atoms with Crippen molar-refractivity contribution in [3.05, 3.63) is 119 Å². The molecule has 2 heterocycles. The molecule has 6 nitrogen and oxygen atoms in total. The van der Waals surface area contributed by atoms with Crippen LogP contribution in [0.4, 0.5) is 5.69 Å². The van der Waals surface area contributed by atoms with Gasteiger partial charge in [-0.05, 0) is 71.6 Å². The third-order valence-corrected chi connectivity index (χ3v) is 6.55. The van der Waals surface area contributed by atoms with Crippen molar-refractivity contribution < 1.29 is 13.6 Å². The van der Waals surface area contributed by atoms with Crippen molar-refractivity contribution in [1.29, 1.82) is 0 Å². The highest BCUT2D eigenvalue weighted by molar-refractivity contribution is 6.05. The number of hydrogen-bond donors (Lipinski definition) is 1. The molecule has 0 saturated heterocycles. The van der Waals surface area contributed by atoms with Gasteiger partial charge in [-0.25, -0.2) is 9.78 Å². The van der Waals surface area contributed by atoms with Crippen molar-refractivity contribution in [2.24, 2.45) is 0 Å². The van der Waals surface area contributed by atoms with Gasteiger partial charge in [0.1, 0.15) is 11.1 Å². The molecule has 186 valence electrons. The van der Waals surface area contributed by atoms with Gasteiger partial charge in [-0.2, -0.15) is 0 Å². The number of para-hydroxylation sites is 1. The molecule has 0 unspecified atom stereocenters. The van der Waals surface area contributed by atoms with Gasteiger partial charge in [0.25, 0.3) is 5.91 Å². The fourth-order valence-electron chi connectivity index (χ4n) is 4.43. The molecular formula is C32H24N2O4. The number of carbonyl (C=O) groups excluding carboxylic acids is 1. The Hall–Kier alpha value is -4.97. The van der Waals surface area contributed by atoms with Crippen LogP contribution in [-0.4, -0.2) is 10.9 Å². The fourth-order valence-corrected chi connectivity index (χ4v) is 4.43. The lowest BCUT2D eigenvalue weighted by Crippen LogP contribution is -2.12. The van der Waals surface area contributed by atoms with Gasteiger partial charge in [0, 0.05) is 22.2 Å². The van der Waals surface area contributed by atoms with Crippen molar-refractivity contribution in [3.63, 3.8) is 0 Å². The molecule has 0 spiro atoms. The molecule has 4 aromatic carbocycles. The summed E-state index contributed by atoms with van der Waals surface area (Å²) in [5.41, 5.74) is 5.51. The highest BCUT2D eigenvalue weighted by Gasteiger charge is 2.14. The topological polar surface area (TPSA) is 85.3 Å². The number of amides is 1. The third kappa shape index (κ3) is 4.48. The molecule has 0 atom stereocenters.